The van der Waals surface area contributed by atoms with E-state index in [0.717, 1.165) is 0 Å². The average molecular weight is 267 g/mol. The Kier molecular flexibility index (Phi) is 4.88. The third-order valence-corrected chi connectivity index (χ3v) is 2.60. The summed E-state index contributed by atoms with van der Waals surface area (Å²) >= 11 is 0. The number of methoxy groups -OCH3 is 1. The van der Waals surface area contributed by atoms with Gasteiger partial charge in [0.1, 0.15) is 5.75 Å². The minimum atomic E-state index is -1.11. The van der Waals surface area contributed by atoms with Crippen molar-refractivity contribution < 1.29 is 24.2 Å². The molecule has 1 atom stereocenters. The number of aryl methyl sites for hydroxylation is 2. The van der Waals surface area contributed by atoms with E-state index in [1.165, 1.54) is 7.11 Å². The van der Waals surface area contributed by atoms with Crippen LogP contribution in [-0.2, 0) is 9.53 Å². The van der Waals surface area contributed by atoms with Gasteiger partial charge in [-0.3, -0.25) is 4.79 Å². The van der Waals surface area contributed by atoms with Gasteiger partial charge in [-0.25, -0.2) is 4.79 Å². The molecule has 0 saturated heterocycles. The van der Waals surface area contributed by atoms with E-state index >= 15 is 0 Å². The van der Waals surface area contributed by atoms with Crippen LogP contribution in [0.5, 0.6) is 5.75 Å². The summed E-state index contributed by atoms with van der Waals surface area (Å²) in [7, 11) is 1.40. The summed E-state index contributed by atoms with van der Waals surface area (Å²) in [6.07, 6.45) is -1.10. The summed E-state index contributed by atoms with van der Waals surface area (Å²) in [6.45, 7) is 3.38. The summed E-state index contributed by atoms with van der Waals surface area (Å²) < 4.78 is 10.2. The van der Waals surface area contributed by atoms with E-state index in [1.807, 2.05) is 0 Å². The maximum Gasteiger partial charge on any atom is 0.347 e. The fourth-order valence-electron chi connectivity index (χ4n) is 1.73. The second-order valence-corrected chi connectivity index (χ2v) is 4.20. The Morgan fingerprint density at radius 1 is 1.32 bits per heavy atom. The first-order valence-electron chi connectivity index (χ1n) is 5.66. The smallest absolute Gasteiger partial charge is 0.347 e. The number of carboxylic acid groups (broad SMARTS) is 1. The normalized spacial score (nSPS) is 11.9. The van der Waals surface area contributed by atoms with Crippen molar-refractivity contribution in [1.29, 1.82) is 0 Å². The summed E-state index contributed by atoms with van der Waals surface area (Å²) in [4.78, 5) is 22.1. The standard InChI is InChI=1S/C13H17NO5/c1-7-4-9(12(14)15)5-8(2)11(7)19-10(6-18-3)13(16)17/h4-5,10H,6H2,1-3H3,(H2,14,15)(H,16,17). The first kappa shape index (κ1) is 15.0. The molecule has 0 heterocycles. The molecule has 1 aromatic rings. The van der Waals surface area contributed by atoms with Crippen molar-refractivity contribution in [2.75, 3.05) is 13.7 Å². The van der Waals surface area contributed by atoms with Gasteiger partial charge in [0.05, 0.1) is 6.61 Å². The van der Waals surface area contributed by atoms with Crippen LogP contribution in [0, 0.1) is 13.8 Å². The molecule has 19 heavy (non-hydrogen) atoms. The topological polar surface area (TPSA) is 98.9 Å². The van der Waals surface area contributed by atoms with Crippen molar-refractivity contribution in [3.8, 4) is 5.75 Å². The van der Waals surface area contributed by atoms with Crippen LogP contribution in [-0.4, -0.2) is 36.8 Å². The number of nitrogens with two attached hydrogens (primary N) is 1. The molecule has 3 N–H and O–H groups in total. The van der Waals surface area contributed by atoms with E-state index < -0.39 is 18.0 Å². The number of primary amides is 1. The first-order valence-corrected chi connectivity index (χ1v) is 5.66. The number of rotatable bonds is 6. The van der Waals surface area contributed by atoms with Crippen LogP contribution in [0.15, 0.2) is 12.1 Å². The fraction of sp³-hybridized carbons (Fsp3) is 0.385. The SMILES string of the molecule is COCC(Oc1c(C)cc(C(N)=O)cc1C)C(=O)O. The molecule has 1 amide bonds. The van der Waals surface area contributed by atoms with Crippen LogP contribution < -0.4 is 10.5 Å². The zero-order chi connectivity index (χ0) is 14.6. The molecule has 1 rings (SSSR count). The molecule has 0 bridgehead atoms. The molecule has 1 unspecified atom stereocenters. The van der Waals surface area contributed by atoms with E-state index in [1.54, 1.807) is 26.0 Å². The van der Waals surface area contributed by atoms with Gasteiger partial charge in [0.2, 0.25) is 12.0 Å². The summed E-state index contributed by atoms with van der Waals surface area (Å²) in [5, 5.41) is 9.01. The highest BCUT2D eigenvalue weighted by Crippen LogP contribution is 2.26. The number of ether oxygens (including phenoxy) is 2. The van der Waals surface area contributed by atoms with Crippen LogP contribution in [0.1, 0.15) is 21.5 Å². The Labute approximate surface area is 111 Å². The van der Waals surface area contributed by atoms with Crippen molar-refractivity contribution >= 4 is 11.9 Å². The van der Waals surface area contributed by atoms with Crippen molar-refractivity contribution in [3.05, 3.63) is 28.8 Å². The zero-order valence-corrected chi connectivity index (χ0v) is 11.1. The largest absolute Gasteiger partial charge is 0.478 e. The monoisotopic (exact) mass is 267 g/mol. The number of carboxylic acids is 1. The molecule has 0 saturated carbocycles. The zero-order valence-electron chi connectivity index (χ0n) is 11.1. The van der Waals surface area contributed by atoms with E-state index in [2.05, 4.69) is 0 Å². The number of amides is 1. The molecule has 6 nitrogen and oxygen atoms in total. The van der Waals surface area contributed by atoms with Crippen molar-refractivity contribution in [3.63, 3.8) is 0 Å². The molecule has 0 aliphatic carbocycles. The first-order chi connectivity index (χ1) is 8.86. The second-order valence-electron chi connectivity index (χ2n) is 4.20. The van der Waals surface area contributed by atoms with Gasteiger partial charge in [0.25, 0.3) is 0 Å². The molecule has 1 aromatic carbocycles. The molecular formula is C13H17NO5. The number of carbonyl (C=O) groups is 2. The molecule has 0 fully saturated rings. The highest BCUT2D eigenvalue weighted by Gasteiger charge is 2.21. The average Bonchev–Trinajstić information content (AvgIpc) is 2.31. The quantitative estimate of drug-likeness (QED) is 0.797. The molecule has 0 aliphatic heterocycles. The highest BCUT2D eigenvalue weighted by atomic mass is 16.5. The minimum Gasteiger partial charge on any atom is -0.478 e. The lowest BCUT2D eigenvalue weighted by molar-refractivity contribution is -0.147. The van der Waals surface area contributed by atoms with E-state index in [0.29, 0.717) is 22.4 Å². The number of aliphatic carboxylic acids is 1. The Bertz CT molecular complexity index is 475. The van der Waals surface area contributed by atoms with Gasteiger partial charge in [-0.05, 0) is 37.1 Å². The minimum absolute atomic E-state index is 0.0637. The Balaban J connectivity index is 3.07. The molecule has 0 radical (unpaired) electrons. The predicted octanol–water partition coefficient (Wildman–Crippen LogP) is 0.881. The summed E-state index contributed by atoms with van der Waals surface area (Å²) in [5.41, 5.74) is 6.87. The number of hydrogen-bond acceptors (Lipinski definition) is 4. The third-order valence-electron chi connectivity index (χ3n) is 2.60. The second kappa shape index (κ2) is 6.19. The molecular weight excluding hydrogens is 250 g/mol. The van der Waals surface area contributed by atoms with Crippen LogP contribution >= 0.6 is 0 Å². The summed E-state index contributed by atoms with van der Waals surface area (Å²) in [5.74, 6) is -1.22. The lowest BCUT2D eigenvalue weighted by atomic mass is 10.1. The van der Waals surface area contributed by atoms with E-state index in [-0.39, 0.29) is 6.61 Å². The fourth-order valence-corrected chi connectivity index (χ4v) is 1.73. The highest BCUT2D eigenvalue weighted by molar-refractivity contribution is 5.93. The number of carbonyl (C=O) groups excluding carboxylic acids is 1. The van der Waals surface area contributed by atoms with Crippen molar-refractivity contribution in [2.45, 2.75) is 20.0 Å². The number of benzene rings is 1. The van der Waals surface area contributed by atoms with E-state index in [9.17, 15) is 9.59 Å². The van der Waals surface area contributed by atoms with Gasteiger partial charge in [-0.1, -0.05) is 0 Å². The molecule has 104 valence electrons. The van der Waals surface area contributed by atoms with Gasteiger partial charge in [0, 0.05) is 12.7 Å². The predicted molar refractivity (Wildman–Crippen MR) is 68.4 cm³/mol. The molecule has 0 aliphatic rings. The lowest BCUT2D eigenvalue weighted by Crippen LogP contribution is -2.32. The van der Waals surface area contributed by atoms with Gasteiger partial charge < -0.3 is 20.3 Å². The van der Waals surface area contributed by atoms with Crippen molar-refractivity contribution in [2.24, 2.45) is 5.73 Å². The van der Waals surface area contributed by atoms with Gasteiger partial charge >= 0.3 is 5.97 Å². The van der Waals surface area contributed by atoms with Crippen LogP contribution in [0.2, 0.25) is 0 Å². The Morgan fingerprint density at radius 3 is 2.21 bits per heavy atom. The Hall–Kier alpha value is -2.08. The van der Waals surface area contributed by atoms with Gasteiger partial charge in [0.15, 0.2) is 0 Å². The van der Waals surface area contributed by atoms with Crippen LogP contribution in [0.4, 0.5) is 0 Å². The molecule has 0 spiro atoms. The van der Waals surface area contributed by atoms with Crippen molar-refractivity contribution in [1.82, 2.24) is 0 Å². The van der Waals surface area contributed by atoms with Gasteiger partial charge in [-0.2, -0.15) is 0 Å². The third kappa shape index (κ3) is 3.69. The Morgan fingerprint density at radius 2 is 1.84 bits per heavy atom. The van der Waals surface area contributed by atoms with Crippen LogP contribution in [0.3, 0.4) is 0 Å². The molecule has 6 heteroatoms. The van der Waals surface area contributed by atoms with Crippen LogP contribution in [0.25, 0.3) is 0 Å². The maximum absolute atomic E-state index is 11.1. The lowest BCUT2D eigenvalue weighted by Gasteiger charge is -2.18. The van der Waals surface area contributed by atoms with Gasteiger partial charge in [-0.15, -0.1) is 0 Å². The maximum atomic E-state index is 11.1. The summed E-state index contributed by atoms with van der Waals surface area (Å²) in [6, 6.07) is 3.13. The number of hydrogen-bond donors (Lipinski definition) is 2. The molecule has 0 aromatic heterocycles. The van der Waals surface area contributed by atoms with E-state index in [4.69, 9.17) is 20.3 Å².